The molecule has 0 aromatic carbocycles. The minimum Gasteiger partial charge on any atom is -0.390 e. The number of methoxy groups -OCH3 is 1. The molecular weight excluding hydrogens is 256 g/mol. The number of nitrogens with one attached hydrogen (secondary N) is 1. The van der Waals surface area contributed by atoms with E-state index < -0.39 is 5.60 Å². The first kappa shape index (κ1) is 15.7. The van der Waals surface area contributed by atoms with Gasteiger partial charge in [-0.3, -0.25) is 4.79 Å². The number of rotatable bonds is 3. The average Bonchev–Trinajstić information content (AvgIpc) is 2.60. The van der Waals surface area contributed by atoms with Gasteiger partial charge < -0.3 is 20.1 Å². The molecule has 2 aliphatic rings. The van der Waals surface area contributed by atoms with Gasteiger partial charge in [-0.2, -0.15) is 0 Å². The van der Waals surface area contributed by atoms with Crippen molar-refractivity contribution in [1.82, 2.24) is 10.2 Å². The summed E-state index contributed by atoms with van der Waals surface area (Å²) in [5.41, 5.74) is -0.992. The Bertz CT molecular complexity index is 333. The molecule has 5 nitrogen and oxygen atoms in total. The Hall–Kier alpha value is -0.650. The van der Waals surface area contributed by atoms with Crippen LogP contribution in [-0.2, 0) is 9.53 Å². The highest BCUT2D eigenvalue weighted by Crippen LogP contribution is 2.33. The minimum atomic E-state index is -0.627. The number of carbonyl (C=O) groups excluding carboxylic acids is 1. The highest BCUT2D eigenvalue weighted by molar-refractivity contribution is 5.83. The fraction of sp³-hybridized carbons (Fsp3) is 0.933. The summed E-state index contributed by atoms with van der Waals surface area (Å²) < 4.78 is 5.34. The van der Waals surface area contributed by atoms with Crippen molar-refractivity contribution in [3.05, 3.63) is 0 Å². The third-order valence-electron chi connectivity index (χ3n) is 4.79. The molecule has 0 aromatic heterocycles. The number of aliphatic hydroxyl groups is 1. The molecule has 0 radical (unpaired) electrons. The maximum absolute atomic E-state index is 13.0. The largest absolute Gasteiger partial charge is 0.390 e. The Labute approximate surface area is 121 Å². The number of ether oxygens (including phenoxy) is 1. The van der Waals surface area contributed by atoms with E-state index in [1.165, 1.54) is 0 Å². The van der Waals surface area contributed by atoms with E-state index in [4.69, 9.17) is 4.74 Å². The van der Waals surface area contributed by atoms with Crippen molar-refractivity contribution >= 4 is 5.91 Å². The van der Waals surface area contributed by atoms with Crippen LogP contribution in [0.25, 0.3) is 0 Å². The van der Waals surface area contributed by atoms with Crippen molar-refractivity contribution < 1.29 is 14.6 Å². The molecule has 2 rings (SSSR count). The van der Waals surface area contributed by atoms with Crippen LogP contribution in [-0.4, -0.2) is 61.4 Å². The van der Waals surface area contributed by atoms with E-state index in [1.807, 2.05) is 11.8 Å². The maximum atomic E-state index is 13.0. The highest BCUT2D eigenvalue weighted by atomic mass is 16.5. The van der Waals surface area contributed by atoms with E-state index >= 15 is 0 Å². The molecule has 2 N–H and O–H groups in total. The number of likely N-dealkylation sites (tertiary alicyclic amines) is 1. The molecule has 0 bridgehead atoms. The van der Waals surface area contributed by atoms with Crippen LogP contribution in [0.3, 0.4) is 0 Å². The monoisotopic (exact) mass is 284 g/mol. The molecule has 1 atom stereocenters. The van der Waals surface area contributed by atoms with Gasteiger partial charge in [-0.05, 0) is 52.1 Å². The van der Waals surface area contributed by atoms with Crippen LogP contribution in [0.1, 0.15) is 39.0 Å². The summed E-state index contributed by atoms with van der Waals surface area (Å²) in [6.45, 7) is 5.54. The van der Waals surface area contributed by atoms with Crippen LogP contribution in [0.5, 0.6) is 0 Å². The zero-order chi connectivity index (χ0) is 14.6. The SMILES string of the molecule is COCC1(C(=O)N2CCCC(C)(O)CC2)CCNCC1. The van der Waals surface area contributed by atoms with Crippen molar-refractivity contribution in [2.75, 3.05) is 39.9 Å². The molecule has 0 spiro atoms. The first-order chi connectivity index (χ1) is 9.49. The topological polar surface area (TPSA) is 61.8 Å². The van der Waals surface area contributed by atoms with Crippen molar-refractivity contribution in [2.24, 2.45) is 5.41 Å². The summed E-state index contributed by atoms with van der Waals surface area (Å²) in [5.74, 6) is 0.221. The quantitative estimate of drug-likeness (QED) is 0.803. The van der Waals surface area contributed by atoms with Gasteiger partial charge in [0.15, 0.2) is 0 Å². The van der Waals surface area contributed by atoms with Crippen molar-refractivity contribution in [3.63, 3.8) is 0 Å². The van der Waals surface area contributed by atoms with Crippen LogP contribution in [0, 0.1) is 5.41 Å². The van der Waals surface area contributed by atoms with Gasteiger partial charge in [0.2, 0.25) is 5.91 Å². The summed E-state index contributed by atoms with van der Waals surface area (Å²) in [6, 6.07) is 0. The third kappa shape index (κ3) is 3.51. The smallest absolute Gasteiger partial charge is 0.231 e. The number of carbonyl (C=O) groups is 1. The summed E-state index contributed by atoms with van der Waals surface area (Å²) in [7, 11) is 1.67. The zero-order valence-corrected chi connectivity index (χ0v) is 12.8. The fourth-order valence-corrected chi connectivity index (χ4v) is 3.40. The molecule has 20 heavy (non-hydrogen) atoms. The standard InChI is InChI=1S/C15H28N2O3/c1-14(19)4-3-10-17(11-7-14)13(18)15(12-20-2)5-8-16-9-6-15/h16,19H,3-12H2,1-2H3. The van der Waals surface area contributed by atoms with Gasteiger partial charge in [0.25, 0.3) is 0 Å². The molecule has 1 amide bonds. The third-order valence-corrected chi connectivity index (χ3v) is 4.79. The van der Waals surface area contributed by atoms with Gasteiger partial charge in [0, 0.05) is 20.2 Å². The van der Waals surface area contributed by atoms with Crippen LogP contribution in [0.2, 0.25) is 0 Å². The second-order valence-electron chi connectivity index (χ2n) is 6.61. The van der Waals surface area contributed by atoms with E-state index in [0.29, 0.717) is 19.6 Å². The fourth-order valence-electron chi connectivity index (χ4n) is 3.40. The summed E-state index contributed by atoms with van der Waals surface area (Å²) in [4.78, 5) is 14.9. The Morgan fingerprint density at radius 3 is 2.60 bits per heavy atom. The Kier molecular flexibility index (Phi) is 5.04. The predicted octanol–water partition coefficient (Wildman–Crippen LogP) is 0.766. The number of hydrogen-bond acceptors (Lipinski definition) is 4. The van der Waals surface area contributed by atoms with Crippen LogP contribution in [0.15, 0.2) is 0 Å². The van der Waals surface area contributed by atoms with Crippen molar-refractivity contribution in [1.29, 1.82) is 0 Å². The van der Waals surface area contributed by atoms with Crippen molar-refractivity contribution in [2.45, 2.75) is 44.6 Å². The minimum absolute atomic E-state index is 0.221. The molecule has 2 saturated heterocycles. The maximum Gasteiger partial charge on any atom is 0.231 e. The zero-order valence-electron chi connectivity index (χ0n) is 12.8. The molecule has 0 aliphatic carbocycles. The molecule has 2 aliphatic heterocycles. The predicted molar refractivity (Wildman–Crippen MR) is 77.5 cm³/mol. The van der Waals surface area contributed by atoms with E-state index in [2.05, 4.69) is 5.32 Å². The second-order valence-corrected chi connectivity index (χ2v) is 6.61. The molecule has 1 unspecified atom stereocenters. The van der Waals surface area contributed by atoms with E-state index in [1.54, 1.807) is 7.11 Å². The van der Waals surface area contributed by atoms with Gasteiger partial charge in [-0.1, -0.05) is 0 Å². The molecular formula is C15H28N2O3. The normalized spacial score (nSPS) is 30.9. The molecule has 5 heteroatoms. The van der Waals surface area contributed by atoms with Gasteiger partial charge in [0.05, 0.1) is 17.6 Å². The molecule has 0 saturated carbocycles. The van der Waals surface area contributed by atoms with E-state index in [-0.39, 0.29) is 11.3 Å². The lowest BCUT2D eigenvalue weighted by atomic mass is 9.78. The summed E-state index contributed by atoms with van der Waals surface area (Å²) in [5, 5.41) is 13.5. The Morgan fingerprint density at radius 2 is 1.95 bits per heavy atom. The number of piperidine rings is 1. The van der Waals surface area contributed by atoms with Gasteiger partial charge >= 0.3 is 0 Å². The summed E-state index contributed by atoms with van der Waals surface area (Å²) >= 11 is 0. The van der Waals surface area contributed by atoms with Gasteiger partial charge in [-0.15, -0.1) is 0 Å². The first-order valence-electron chi connectivity index (χ1n) is 7.71. The van der Waals surface area contributed by atoms with Gasteiger partial charge in [0.1, 0.15) is 0 Å². The molecule has 116 valence electrons. The van der Waals surface area contributed by atoms with Crippen LogP contribution in [0.4, 0.5) is 0 Å². The lowest BCUT2D eigenvalue weighted by Crippen LogP contribution is -2.52. The molecule has 0 aromatic rings. The average molecular weight is 284 g/mol. The highest BCUT2D eigenvalue weighted by Gasteiger charge is 2.43. The Morgan fingerprint density at radius 1 is 1.25 bits per heavy atom. The van der Waals surface area contributed by atoms with Gasteiger partial charge in [-0.25, -0.2) is 0 Å². The molecule has 2 heterocycles. The lowest BCUT2D eigenvalue weighted by molar-refractivity contribution is -0.147. The van der Waals surface area contributed by atoms with E-state index in [9.17, 15) is 9.90 Å². The number of hydrogen-bond donors (Lipinski definition) is 2. The first-order valence-corrected chi connectivity index (χ1v) is 7.71. The Balaban J connectivity index is 2.07. The summed E-state index contributed by atoms with van der Waals surface area (Å²) in [6.07, 6.45) is 3.99. The van der Waals surface area contributed by atoms with Crippen LogP contribution >= 0.6 is 0 Å². The second kappa shape index (κ2) is 6.41. The van der Waals surface area contributed by atoms with Crippen LogP contribution < -0.4 is 5.32 Å². The lowest BCUT2D eigenvalue weighted by Gasteiger charge is -2.39. The van der Waals surface area contributed by atoms with Crippen molar-refractivity contribution in [3.8, 4) is 0 Å². The number of amides is 1. The molecule has 2 fully saturated rings. The number of nitrogens with zero attached hydrogens (tertiary/aromatic N) is 1. The van der Waals surface area contributed by atoms with E-state index in [0.717, 1.165) is 45.3 Å².